The number of benzene rings is 1. The van der Waals surface area contributed by atoms with Gasteiger partial charge in [0.25, 0.3) is 0 Å². The van der Waals surface area contributed by atoms with Gasteiger partial charge in [-0.05, 0) is 12.1 Å². The van der Waals surface area contributed by atoms with E-state index in [4.69, 9.17) is 9.26 Å². The molecule has 2 aromatic rings. The lowest BCUT2D eigenvalue weighted by Gasteiger charge is -2.35. The number of carbonyl (C=O) groups excluding carboxylic acids is 2. The Kier molecular flexibility index (Phi) is 4.27. The van der Waals surface area contributed by atoms with Crippen molar-refractivity contribution < 1.29 is 23.2 Å². The van der Waals surface area contributed by atoms with Crippen LogP contribution in [0, 0.1) is 5.82 Å². The van der Waals surface area contributed by atoms with Crippen molar-refractivity contribution in [2.45, 2.75) is 18.9 Å². The standard InChI is InChI=1S/C17H17FN4O4/c18-13-4-2-1-3-12(13)16-19-14(26-20-16)5-6-15(23)21-7-8-22-11(9-21)10-25-17(22)24/h1-4,11H,5-10H2/t11-/m1/s1. The van der Waals surface area contributed by atoms with Gasteiger partial charge in [0.05, 0.1) is 11.6 Å². The zero-order valence-electron chi connectivity index (χ0n) is 13.9. The lowest BCUT2D eigenvalue weighted by atomic mass is 10.1. The average molecular weight is 360 g/mol. The second-order valence-electron chi connectivity index (χ2n) is 6.26. The quantitative estimate of drug-likeness (QED) is 0.820. The van der Waals surface area contributed by atoms with Crippen molar-refractivity contribution in [3.8, 4) is 11.4 Å². The molecule has 2 amide bonds. The zero-order chi connectivity index (χ0) is 18.1. The van der Waals surface area contributed by atoms with Crippen molar-refractivity contribution in [1.82, 2.24) is 19.9 Å². The molecule has 0 saturated carbocycles. The summed E-state index contributed by atoms with van der Waals surface area (Å²) in [5, 5.41) is 3.78. The largest absolute Gasteiger partial charge is 0.447 e. The van der Waals surface area contributed by atoms with Gasteiger partial charge in [-0.3, -0.25) is 9.69 Å². The van der Waals surface area contributed by atoms with E-state index >= 15 is 0 Å². The number of hydrogen-bond acceptors (Lipinski definition) is 6. The summed E-state index contributed by atoms with van der Waals surface area (Å²) < 4.78 is 23.9. The summed E-state index contributed by atoms with van der Waals surface area (Å²) in [6, 6.07) is 6.10. The molecule has 0 N–H and O–H groups in total. The first kappa shape index (κ1) is 16.5. The number of halogens is 1. The molecule has 8 nitrogen and oxygen atoms in total. The fourth-order valence-electron chi connectivity index (χ4n) is 3.20. The highest BCUT2D eigenvalue weighted by atomic mass is 19.1. The first-order chi connectivity index (χ1) is 12.6. The summed E-state index contributed by atoms with van der Waals surface area (Å²) in [7, 11) is 0. The van der Waals surface area contributed by atoms with Crippen LogP contribution in [0.1, 0.15) is 12.3 Å². The molecule has 1 aromatic carbocycles. The number of cyclic esters (lactones) is 1. The molecular weight excluding hydrogens is 343 g/mol. The first-order valence-electron chi connectivity index (χ1n) is 8.40. The van der Waals surface area contributed by atoms with E-state index in [-0.39, 0.29) is 48.2 Å². The molecular formula is C17H17FN4O4. The highest BCUT2D eigenvalue weighted by molar-refractivity contribution is 5.77. The molecule has 0 radical (unpaired) electrons. The average Bonchev–Trinajstić information content (AvgIpc) is 3.27. The summed E-state index contributed by atoms with van der Waals surface area (Å²) in [4.78, 5) is 31.4. The topological polar surface area (TPSA) is 88.8 Å². The van der Waals surface area contributed by atoms with Gasteiger partial charge in [-0.25, -0.2) is 9.18 Å². The molecule has 1 atom stereocenters. The van der Waals surface area contributed by atoms with Gasteiger partial charge in [-0.2, -0.15) is 4.98 Å². The number of amides is 2. The smallest absolute Gasteiger partial charge is 0.410 e. The Labute approximate surface area is 148 Å². The molecule has 26 heavy (non-hydrogen) atoms. The number of carbonyl (C=O) groups is 2. The first-order valence-corrected chi connectivity index (χ1v) is 8.40. The van der Waals surface area contributed by atoms with Gasteiger partial charge in [0.15, 0.2) is 0 Å². The maximum Gasteiger partial charge on any atom is 0.410 e. The SMILES string of the molecule is O=C(CCc1nc(-c2ccccc2F)no1)N1CCN2C(=O)OC[C@H]2C1. The van der Waals surface area contributed by atoms with Gasteiger partial charge in [0.1, 0.15) is 12.4 Å². The molecule has 4 rings (SSSR count). The third-order valence-electron chi connectivity index (χ3n) is 4.60. The van der Waals surface area contributed by atoms with Crippen LogP contribution >= 0.6 is 0 Å². The predicted molar refractivity (Wildman–Crippen MR) is 86.4 cm³/mol. The molecule has 136 valence electrons. The Bertz CT molecular complexity index is 840. The number of fused-ring (bicyclic) bond motifs is 1. The molecule has 0 unspecified atom stereocenters. The number of nitrogens with zero attached hydrogens (tertiary/aromatic N) is 4. The normalized spacial score (nSPS) is 19.4. The molecule has 2 fully saturated rings. The lowest BCUT2D eigenvalue weighted by Crippen LogP contribution is -2.53. The molecule has 0 bridgehead atoms. The number of hydrogen-bond donors (Lipinski definition) is 0. The number of ether oxygens (including phenoxy) is 1. The number of aromatic nitrogens is 2. The minimum Gasteiger partial charge on any atom is -0.447 e. The summed E-state index contributed by atoms with van der Waals surface area (Å²) in [5.74, 6) is -0.0211. The van der Waals surface area contributed by atoms with Crippen molar-refractivity contribution >= 4 is 12.0 Å². The zero-order valence-corrected chi connectivity index (χ0v) is 13.9. The van der Waals surface area contributed by atoms with E-state index in [2.05, 4.69) is 10.1 Å². The molecule has 2 aliphatic rings. The van der Waals surface area contributed by atoms with Crippen LogP contribution in [0.5, 0.6) is 0 Å². The predicted octanol–water partition coefficient (Wildman–Crippen LogP) is 1.47. The third-order valence-corrected chi connectivity index (χ3v) is 4.60. The summed E-state index contributed by atoms with van der Waals surface area (Å²) >= 11 is 0. The van der Waals surface area contributed by atoms with Gasteiger partial charge in [0.2, 0.25) is 17.6 Å². The van der Waals surface area contributed by atoms with Crippen molar-refractivity contribution in [1.29, 1.82) is 0 Å². The second kappa shape index (κ2) is 6.74. The van der Waals surface area contributed by atoms with Gasteiger partial charge < -0.3 is 14.2 Å². The monoisotopic (exact) mass is 360 g/mol. The van der Waals surface area contributed by atoms with Crippen molar-refractivity contribution in [2.75, 3.05) is 26.2 Å². The van der Waals surface area contributed by atoms with E-state index in [9.17, 15) is 14.0 Å². The van der Waals surface area contributed by atoms with Crippen molar-refractivity contribution in [3.63, 3.8) is 0 Å². The van der Waals surface area contributed by atoms with Crippen LogP contribution in [-0.2, 0) is 16.0 Å². The Morgan fingerprint density at radius 2 is 2.15 bits per heavy atom. The molecule has 9 heteroatoms. The maximum absolute atomic E-state index is 13.8. The molecule has 2 saturated heterocycles. The fourth-order valence-corrected chi connectivity index (χ4v) is 3.20. The minimum atomic E-state index is -0.429. The van der Waals surface area contributed by atoms with Crippen molar-refractivity contribution in [3.05, 3.63) is 36.0 Å². The van der Waals surface area contributed by atoms with Crippen LogP contribution in [0.15, 0.2) is 28.8 Å². The number of aryl methyl sites for hydroxylation is 1. The van der Waals surface area contributed by atoms with E-state index in [1.807, 2.05) is 0 Å². The van der Waals surface area contributed by atoms with Gasteiger partial charge in [0, 0.05) is 32.5 Å². The number of piperazine rings is 1. The Hall–Kier alpha value is -2.97. The number of rotatable bonds is 4. The van der Waals surface area contributed by atoms with E-state index in [0.29, 0.717) is 26.2 Å². The van der Waals surface area contributed by atoms with E-state index in [1.54, 1.807) is 28.0 Å². The highest BCUT2D eigenvalue weighted by Gasteiger charge is 2.38. The summed E-state index contributed by atoms with van der Waals surface area (Å²) in [6.07, 6.45) is 0.176. The van der Waals surface area contributed by atoms with E-state index in [0.717, 1.165) is 0 Å². The summed E-state index contributed by atoms with van der Waals surface area (Å²) in [6.45, 7) is 1.75. The van der Waals surface area contributed by atoms with E-state index < -0.39 is 5.82 Å². The van der Waals surface area contributed by atoms with Crippen LogP contribution < -0.4 is 0 Å². The van der Waals surface area contributed by atoms with Gasteiger partial charge in [-0.1, -0.05) is 17.3 Å². The van der Waals surface area contributed by atoms with Crippen LogP contribution in [-0.4, -0.2) is 64.2 Å². The van der Waals surface area contributed by atoms with E-state index in [1.165, 1.54) is 6.07 Å². The van der Waals surface area contributed by atoms with Crippen LogP contribution in [0.25, 0.3) is 11.4 Å². The lowest BCUT2D eigenvalue weighted by molar-refractivity contribution is -0.133. The second-order valence-corrected chi connectivity index (χ2v) is 6.26. The van der Waals surface area contributed by atoms with Gasteiger partial charge in [-0.15, -0.1) is 0 Å². The Balaban J connectivity index is 1.34. The molecule has 0 aliphatic carbocycles. The van der Waals surface area contributed by atoms with Crippen LogP contribution in [0.2, 0.25) is 0 Å². The van der Waals surface area contributed by atoms with Crippen molar-refractivity contribution in [2.24, 2.45) is 0 Å². The molecule has 3 heterocycles. The molecule has 1 aromatic heterocycles. The molecule has 0 spiro atoms. The molecule has 2 aliphatic heterocycles. The highest BCUT2D eigenvalue weighted by Crippen LogP contribution is 2.21. The Morgan fingerprint density at radius 3 is 3.00 bits per heavy atom. The maximum atomic E-state index is 13.8. The minimum absolute atomic E-state index is 0.0466. The third kappa shape index (κ3) is 3.12. The fraction of sp³-hybridized carbons (Fsp3) is 0.412. The van der Waals surface area contributed by atoms with Crippen LogP contribution in [0.3, 0.4) is 0 Å². The Morgan fingerprint density at radius 1 is 1.31 bits per heavy atom. The van der Waals surface area contributed by atoms with Crippen LogP contribution in [0.4, 0.5) is 9.18 Å². The van der Waals surface area contributed by atoms with Gasteiger partial charge >= 0.3 is 6.09 Å². The summed E-state index contributed by atoms with van der Waals surface area (Å²) in [5.41, 5.74) is 0.260.